The van der Waals surface area contributed by atoms with Crippen LogP contribution in [0.25, 0.3) is 5.57 Å². The first-order valence-corrected chi connectivity index (χ1v) is 6.08. The first kappa shape index (κ1) is 13.5. The number of hydrogen-bond acceptors (Lipinski definition) is 3. The maximum atomic E-state index is 13.0. The molecule has 1 aromatic rings. The third kappa shape index (κ3) is 2.93. The Labute approximate surface area is 111 Å². The number of benzene rings is 1. The van der Waals surface area contributed by atoms with Crippen molar-refractivity contribution in [2.24, 2.45) is 0 Å². The monoisotopic (exact) mass is 264 g/mol. The first-order chi connectivity index (χ1) is 9.05. The summed E-state index contributed by atoms with van der Waals surface area (Å²) in [5, 5.41) is 6.02. The molecule has 2 rings (SSSR count). The number of carbonyl (C=O) groups is 1. The van der Waals surface area contributed by atoms with Crippen LogP contribution in [0.4, 0.5) is 9.18 Å². The molecule has 5 heteroatoms. The summed E-state index contributed by atoms with van der Waals surface area (Å²) in [6.45, 7) is 3.21. The summed E-state index contributed by atoms with van der Waals surface area (Å²) >= 11 is 0. The molecule has 2 N–H and O–H groups in total. The molecule has 4 nitrogen and oxygen atoms in total. The van der Waals surface area contributed by atoms with Crippen LogP contribution in [0, 0.1) is 5.82 Å². The Kier molecular flexibility index (Phi) is 3.85. The predicted molar refractivity (Wildman–Crippen MR) is 71.2 cm³/mol. The molecular weight excluding hydrogens is 247 g/mol. The van der Waals surface area contributed by atoms with Gasteiger partial charge >= 0.3 is 6.09 Å². The summed E-state index contributed by atoms with van der Waals surface area (Å²) in [6, 6.07) is 6.25. The fourth-order valence-corrected chi connectivity index (χ4v) is 2.27. The Morgan fingerprint density at radius 3 is 2.74 bits per heavy atom. The molecule has 1 atom stereocenters. The number of halogens is 1. The van der Waals surface area contributed by atoms with Crippen LogP contribution >= 0.6 is 0 Å². The van der Waals surface area contributed by atoms with Gasteiger partial charge in [-0.1, -0.05) is 18.2 Å². The lowest BCUT2D eigenvalue weighted by molar-refractivity contribution is 0.162. The van der Waals surface area contributed by atoms with Crippen molar-refractivity contribution in [3.63, 3.8) is 0 Å². The minimum Gasteiger partial charge on any atom is -0.453 e. The normalized spacial score (nSPS) is 22.6. The second-order valence-electron chi connectivity index (χ2n) is 4.70. The lowest BCUT2D eigenvalue weighted by Crippen LogP contribution is -2.55. The van der Waals surface area contributed by atoms with Crippen LogP contribution in [0.15, 0.2) is 30.3 Å². The van der Waals surface area contributed by atoms with E-state index in [9.17, 15) is 9.18 Å². The van der Waals surface area contributed by atoms with E-state index in [2.05, 4.69) is 15.4 Å². The number of hydrogen-bond donors (Lipinski definition) is 2. The highest BCUT2D eigenvalue weighted by Gasteiger charge is 2.33. The number of alkyl carbamates (subject to hydrolysis) is 1. The number of carbonyl (C=O) groups excluding carboxylic acids is 1. The highest BCUT2D eigenvalue weighted by molar-refractivity contribution is 5.79. The molecule has 1 aromatic carbocycles. The van der Waals surface area contributed by atoms with Gasteiger partial charge in [-0.15, -0.1) is 0 Å². The van der Waals surface area contributed by atoms with E-state index in [0.29, 0.717) is 13.1 Å². The zero-order valence-corrected chi connectivity index (χ0v) is 11.0. The average Bonchev–Trinajstić information content (AvgIpc) is 2.40. The Bertz CT molecular complexity index is 499. The molecule has 1 heterocycles. The van der Waals surface area contributed by atoms with Crippen molar-refractivity contribution in [1.29, 1.82) is 0 Å². The van der Waals surface area contributed by atoms with E-state index in [4.69, 9.17) is 0 Å². The summed E-state index contributed by atoms with van der Waals surface area (Å²) in [7, 11) is 1.33. The third-order valence-electron chi connectivity index (χ3n) is 3.24. The molecule has 0 aromatic heterocycles. The molecule has 1 unspecified atom stereocenters. The Hall–Kier alpha value is -1.88. The largest absolute Gasteiger partial charge is 0.453 e. The molecule has 1 aliphatic rings. The zero-order valence-electron chi connectivity index (χ0n) is 11.0. The molecule has 19 heavy (non-hydrogen) atoms. The highest BCUT2D eigenvalue weighted by Crippen LogP contribution is 2.29. The van der Waals surface area contributed by atoms with Crippen molar-refractivity contribution >= 4 is 11.7 Å². The minimum atomic E-state index is -0.580. The van der Waals surface area contributed by atoms with Crippen LogP contribution in [-0.4, -0.2) is 31.8 Å². The van der Waals surface area contributed by atoms with Gasteiger partial charge in [-0.25, -0.2) is 9.18 Å². The minimum absolute atomic E-state index is 0.277. The SMILES string of the molecule is COC(=O)NC1(C)CNCC=C1c1ccc(F)cc1. The maximum absolute atomic E-state index is 13.0. The van der Waals surface area contributed by atoms with Crippen LogP contribution in [0.2, 0.25) is 0 Å². The van der Waals surface area contributed by atoms with Gasteiger partial charge in [0.25, 0.3) is 0 Å². The molecule has 0 radical (unpaired) electrons. The van der Waals surface area contributed by atoms with Crippen molar-refractivity contribution in [2.75, 3.05) is 20.2 Å². The van der Waals surface area contributed by atoms with E-state index < -0.39 is 11.6 Å². The van der Waals surface area contributed by atoms with Gasteiger partial charge < -0.3 is 15.4 Å². The van der Waals surface area contributed by atoms with E-state index in [1.54, 1.807) is 12.1 Å². The maximum Gasteiger partial charge on any atom is 0.407 e. The first-order valence-electron chi connectivity index (χ1n) is 6.08. The fraction of sp³-hybridized carbons (Fsp3) is 0.357. The Balaban J connectivity index is 2.32. The van der Waals surface area contributed by atoms with Gasteiger partial charge in [0.2, 0.25) is 0 Å². The Morgan fingerprint density at radius 2 is 2.11 bits per heavy atom. The lowest BCUT2D eigenvalue weighted by Gasteiger charge is -2.36. The van der Waals surface area contributed by atoms with Crippen molar-refractivity contribution in [2.45, 2.75) is 12.5 Å². The summed E-state index contributed by atoms with van der Waals surface area (Å²) in [5.74, 6) is -0.277. The summed E-state index contributed by atoms with van der Waals surface area (Å²) in [5.41, 5.74) is 1.27. The standard InChI is InChI=1S/C14H17FN2O2/c1-14(17-13(18)19-2)9-16-8-7-12(14)10-3-5-11(15)6-4-10/h3-7,16H,8-9H2,1-2H3,(H,17,18). The molecule has 0 saturated heterocycles. The second kappa shape index (κ2) is 5.40. The van der Waals surface area contributed by atoms with Gasteiger partial charge in [-0.05, 0) is 30.2 Å². The summed E-state index contributed by atoms with van der Waals surface area (Å²) in [4.78, 5) is 11.5. The zero-order chi connectivity index (χ0) is 13.9. The topological polar surface area (TPSA) is 50.4 Å². The van der Waals surface area contributed by atoms with E-state index in [1.807, 2.05) is 13.0 Å². The van der Waals surface area contributed by atoms with E-state index in [1.165, 1.54) is 19.2 Å². The van der Waals surface area contributed by atoms with Crippen molar-refractivity contribution in [1.82, 2.24) is 10.6 Å². The molecule has 1 aliphatic heterocycles. The number of ether oxygens (including phenoxy) is 1. The molecule has 1 amide bonds. The average molecular weight is 264 g/mol. The molecular formula is C14H17FN2O2. The summed E-state index contributed by atoms with van der Waals surface area (Å²) < 4.78 is 17.6. The van der Waals surface area contributed by atoms with Gasteiger partial charge in [-0.2, -0.15) is 0 Å². The van der Waals surface area contributed by atoms with Crippen LogP contribution in [0.1, 0.15) is 12.5 Å². The molecule has 0 spiro atoms. The third-order valence-corrected chi connectivity index (χ3v) is 3.24. The Morgan fingerprint density at radius 1 is 1.42 bits per heavy atom. The van der Waals surface area contributed by atoms with Crippen LogP contribution in [0.3, 0.4) is 0 Å². The predicted octanol–water partition coefficient (Wildman–Crippen LogP) is 1.93. The molecule has 0 bridgehead atoms. The van der Waals surface area contributed by atoms with E-state index >= 15 is 0 Å². The summed E-state index contributed by atoms with van der Waals surface area (Å²) in [6.07, 6.45) is 1.51. The quantitative estimate of drug-likeness (QED) is 0.858. The second-order valence-corrected chi connectivity index (χ2v) is 4.70. The van der Waals surface area contributed by atoms with Gasteiger partial charge in [0.15, 0.2) is 0 Å². The number of nitrogens with one attached hydrogen (secondary N) is 2. The lowest BCUT2D eigenvalue weighted by atomic mass is 9.84. The number of rotatable bonds is 2. The van der Waals surface area contributed by atoms with E-state index in [-0.39, 0.29) is 5.82 Å². The highest BCUT2D eigenvalue weighted by atomic mass is 19.1. The van der Waals surface area contributed by atoms with Crippen LogP contribution in [-0.2, 0) is 4.74 Å². The molecule has 0 aliphatic carbocycles. The van der Waals surface area contributed by atoms with Gasteiger partial charge in [0, 0.05) is 13.1 Å². The van der Waals surface area contributed by atoms with Crippen LogP contribution < -0.4 is 10.6 Å². The molecule has 0 fully saturated rings. The van der Waals surface area contributed by atoms with Crippen molar-refractivity contribution in [3.05, 3.63) is 41.7 Å². The van der Waals surface area contributed by atoms with Gasteiger partial charge in [0.1, 0.15) is 5.82 Å². The fourth-order valence-electron chi connectivity index (χ4n) is 2.27. The van der Waals surface area contributed by atoms with Crippen molar-refractivity contribution < 1.29 is 13.9 Å². The molecule has 102 valence electrons. The molecule has 0 saturated carbocycles. The van der Waals surface area contributed by atoms with Gasteiger partial charge in [-0.3, -0.25) is 0 Å². The van der Waals surface area contributed by atoms with Gasteiger partial charge in [0.05, 0.1) is 12.6 Å². The van der Waals surface area contributed by atoms with Crippen LogP contribution in [0.5, 0.6) is 0 Å². The van der Waals surface area contributed by atoms with Crippen molar-refractivity contribution in [3.8, 4) is 0 Å². The van der Waals surface area contributed by atoms with E-state index in [0.717, 1.165) is 11.1 Å². The number of amides is 1. The number of methoxy groups -OCH3 is 1. The smallest absolute Gasteiger partial charge is 0.407 e.